The molecule has 2 aromatic rings. The van der Waals surface area contributed by atoms with E-state index < -0.39 is 117 Å². The van der Waals surface area contributed by atoms with Gasteiger partial charge in [0.25, 0.3) is 5.79 Å². The van der Waals surface area contributed by atoms with Crippen molar-refractivity contribution < 1.29 is 83.3 Å². The molecule has 2 saturated heterocycles. The van der Waals surface area contributed by atoms with E-state index in [9.17, 15) is 54.9 Å². The number of ether oxygens (including phenoxy) is 6. The SMILES string of the molecule is CC(=O)N[C@H]1[C@H](OCCCCCNC(=O)OCc2ccccc2)O[C@H](CO[C@]2(C(=O)O)C[C@H](O)[C@@H](NC(=O)COCc3ccccc3)[C@H]([C@H](O)[C@H](O)CO)O2)[C@@H](O)[C@@H]1O. The third-order valence-electron chi connectivity index (χ3n) is 9.63. The van der Waals surface area contributed by atoms with Crippen LogP contribution < -0.4 is 16.0 Å². The highest BCUT2D eigenvalue weighted by molar-refractivity contribution is 5.78. The highest BCUT2D eigenvalue weighted by Gasteiger charge is 2.57. The lowest BCUT2D eigenvalue weighted by molar-refractivity contribution is -0.330. The number of rotatable bonds is 22. The number of aliphatic hydroxyl groups is 6. The van der Waals surface area contributed by atoms with Crippen molar-refractivity contribution in [3.63, 3.8) is 0 Å². The number of carbonyl (C=O) groups excluding carboxylic acids is 3. The first kappa shape index (κ1) is 47.4. The number of alkyl carbamates (subject to hydrolysis) is 1. The molecule has 2 aromatic carbocycles. The largest absolute Gasteiger partial charge is 0.477 e. The van der Waals surface area contributed by atoms with Gasteiger partial charge < -0.3 is 80.1 Å². The molecule has 0 saturated carbocycles. The summed E-state index contributed by atoms with van der Waals surface area (Å²) < 4.78 is 33.7. The van der Waals surface area contributed by atoms with Crippen LogP contribution in [0.4, 0.5) is 4.79 Å². The number of nitrogens with one attached hydrogen (secondary N) is 3. The van der Waals surface area contributed by atoms with Crippen LogP contribution in [0.25, 0.3) is 0 Å². The third-order valence-corrected chi connectivity index (χ3v) is 9.63. The molecule has 59 heavy (non-hydrogen) atoms. The lowest BCUT2D eigenvalue weighted by Crippen LogP contribution is -2.69. The van der Waals surface area contributed by atoms with Gasteiger partial charge in [-0.05, 0) is 30.4 Å². The number of benzene rings is 2. The maximum atomic E-state index is 12.8. The smallest absolute Gasteiger partial charge is 0.407 e. The zero-order valence-corrected chi connectivity index (χ0v) is 32.5. The van der Waals surface area contributed by atoms with E-state index in [0.717, 1.165) is 11.1 Å². The van der Waals surface area contributed by atoms with Gasteiger partial charge in [0.1, 0.15) is 55.9 Å². The monoisotopic (exact) mass is 837 g/mol. The summed E-state index contributed by atoms with van der Waals surface area (Å²) in [7, 11) is 0. The van der Waals surface area contributed by atoms with Crippen LogP contribution in [-0.4, -0.2) is 159 Å². The summed E-state index contributed by atoms with van der Waals surface area (Å²) in [6.07, 6.45) is -13.8. The summed E-state index contributed by atoms with van der Waals surface area (Å²) in [6.45, 7) is -0.587. The van der Waals surface area contributed by atoms with Crippen molar-refractivity contribution in [2.24, 2.45) is 0 Å². The maximum absolute atomic E-state index is 12.8. The maximum Gasteiger partial charge on any atom is 0.407 e. The second-order valence-corrected chi connectivity index (χ2v) is 14.2. The molecule has 0 aromatic heterocycles. The van der Waals surface area contributed by atoms with E-state index >= 15 is 0 Å². The second-order valence-electron chi connectivity index (χ2n) is 14.2. The molecule has 11 atom stereocenters. The van der Waals surface area contributed by atoms with E-state index in [0.29, 0.717) is 25.8 Å². The van der Waals surface area contributed by atoms with Gasteiger partial charge in [0.15, 0.2) is 6.29 Å². The molecule has 328 valence electrons. The molecule has 10 N–H and O–H groups in total. The van der Waals surface area contributed by atoms with Gasteiger partial charge in [-0.1, -0.05) is 60.7 Å². The normalized spacial score (nSPS) is 27.8. The Labute approximate surface area is 340 Å². The number of carboxylic acid groups (broad SMARTS) is 1. The van der Waals surface area contributed by atoms with Crippen molar-refractivity contribution in [2.75, 3.05) is 33.0 Å². The van der Waals surface area contributed by atoms with E-state index in [4.69, 9.17) is 28.4 Å². The van der Waals surface area contributed by atoms with E-state index in [2.05, 4.69) is 16.0 Å². The predicted octanol–water partition coefficient (Wildman–Crippen LogP) is -1.59. The first-order valence-corrected chi connectivity index (χ1v) is 19.2. The Morgan fingerprint density at radius 3 is 2.17 bits per heavy atom. The number of carbonyl (C=O) groups is 4. The summed E-state index contributed by atoms with van der Waals surface area (Å²) in [5.74, 6) is -5.95. The molecule has 2 aliphatic heterocycles. The molecule has 20 heteroatoms. The lowest BCUT2D eigenvalue weighted by atomic mass is 9.88. The second kappa shape index (κ2) is 23.5. The van der Waals surface area contributed by atoms with Crippen molar-refractivity contribution in [2.45, 2.75) is 113 Å². The van der Waals surface area contributed by atoms with E-state index in [1.165, 1.54) is 6.92 Å². The minimum atomic E-state index is -2.79. The molecule has 0 unspecified atom stereocenters. The van der Waals surface area contributed by atoms with Crippen LogP contribution in [0.1, 0.15) is 43.7 Å². The minimum Gasteiger partial charge on any atom is -0.477 e. The molecule has 2 aliphatic rings. The molecule has 2 heterocycles. The predicted molar refractivity (Wildman–Crippen MR) is 202 cm³/mol. The first-order valence-electron chi connectivity index (χ1n) is 19.2. The zero-order valence-electron chi connectivity index (χ0n) is 32.5. The average molecular weight is 838 g/mol. The number of hydrogen-bond acceptors (Lipinski definition) is 16. The van der Waals surface area contributed by atoms with Crippen LogP contribution in [0, 0.1) is 0 Å². The van der Waals surface area contributed by atoms with Gasteiger partial charge in [-0.3, -0.25) is 9.59 Å². The van der Waals surface area contributed by atoms with Crippen molar-refractivity contribution in [3.05, 3.63) is 71.8 Å². The highest BCUT2D eigenvalue weighted by Crippen LogP contribution is 2.35. The molecule has 3 amide bonds. The van der Waals surface area contributed by atoms with Crippen molar-refractivity contribution >= 4 is 23.9 Å². The Morgan fingerprint density at radius 2 is 1.54 bits per heavy atom. The Morgan fingerprint density at radius 1 is 0.881 bits per heavy atom. The summed E-state index contributed by atoms with van der Waals surface area (Å²) >= 11 is 0. The fourth-order valence-corrected chi connectivity index (χ4v) is 6.49. The van der Waals surface area contributed by atoms with Crippen molar-refractivity contribution in [3.8, 4) is 0 Å². The van der Waals surface area contributed by atoms with Crippen molar-refractivity contribution in [1.82, 2.24) is 16.0 Å². The Balaban J connectivity index is 1.34. The average Bonchev–Trinajstić information content (AvgIpc) is 3.22. The van der Waals surface area contributed by atoms with Crippen LogP contribution in [0.5, 0.6) is 0 Å². The lowest BCUT2D eigenvalue weighted by Gasteiger charge is -2.47. The van der Waals surface area contributed by atoms with E-state index in [1.54, 1.807) is 30.3 Å². The zero-order chi connectivity index (χ0) is 43.0. The van der Waals surface area contributed by atoms with Gasteiger partial charge >= 0.3 is 12.1 Å². The fourth-order valence-electron chi connectivity index (χ4n) is 6.49. The number of hydrogen-bond donors (Lipinski definition) is 10. The number of carboxylic acids is 1. The number of aliphatic hydroxyl groups excluding tert-OH is 6. The van der Waals surface area contributed by atoms with Crippen LogP contribution >= 0.6 is 0 Å². The molecule has 0 spiro atoms. The Kier molecular flexibility index (Phi) is 18.8. The third kappa shape index (κ3) is 14.1. The standard InChI is InChI=1S/C39H55N3O17/c1-23(44)41-31-34(50)33(49)28(58-36(31)55-16-10-4-9-15-40-38(53)56-20-25-13-7-3-8-14-25)21-57-39(37(51)52)17-26(45)30(35(59-39)32(48)27(46)18-43)42-29(47)22-54-19-24-11-5-2-6-12-24/h2-3,5-8,11-14,26-28,30-36,43,45-46,48-50H,4,9-10,15-22H2,1H3,(H,40,53)(H,41,44)(H,42,47)(H,51,52)/t26-,27+,28+,30+,31+,32+,33+,34+,35+,36+,39+/m0/s1. The van der Waals surface area contributed by atoms with Gasteiger partial charge in [-0.15, -0.1) is 0 Å². The fraction of sp³-hybridized carbons (Fsp3) is 0.590. The van der Waals surface area contributed by atoms with Crippen LogP contribution in [-0.2, 0) is 56.0 Å². The molecule has 20 nitrogen and oxygen atoms in total. The Hall–Kier alpha value is -4.32. The van der Waals surface area contributed by atoms with Gasteiger partial charge in [0, 0.05) is 26.5 Å². The van der Waals surface area contributed by atoms with Crippen LogP contribution in [0.15, 0.2) is 60.7 Å². The molecule has 4 rings (SSSR count). The summed E-state index contributed by atoms with van der Waals surface area (Å²) in [5, 5.41) is 81.8. The van der Waals surface area contributed by atoms with Gasteiger partial charge in [-0.2, -0.15) is 0 Å². The van der Waals surface area contributed by atoms with E-state index in [-0.39, 0.29) is 19.8 Å². The summed E-state index contributed by atoms with van der Waals surface area (Å²) in [5.41, 5.74) is 1.62. The van der Waals surface area contributed by atoms with Crippen molar-refractivity contribution in [1.29, 1.82) is 0 Å². The highest BCUT2D eigenvalue weighted by atomic mass is 16.7. The molecular weight excluding hydrogens is 782 g/mol. The summed E-state index contributed by atoms with van der Waals surface area (Å²) in [4.78, 5) is 49.6. The molecule has 0 bridgehead atoms. The quantitative estimate of drug-likeness (QED) is 0.0598. The van der Waals surface area contributed by atoms with E-state index in [1.807, 2.05) is 30.3 Å². The van der Waals surface area contributed by atoms with Gasteiger partial charge in [-0.25, -0.2) is 9.59 Å². The molecule has 0 radical (unpaired) electrons. The summed E-state index contributed by atoms with van der Waals surface area (Å²) in [6, 6.07) is 15.3. The number of unbranched alkanes of at least 4 members (excludes halogenated alkanes) is 2. The minimum absolute atomic E-state index is 0.0428. The van der Waals surface area contributed by atoms with Gasteiger partial charge in [0.05, 0.1) is 32.0 Å². The molecule has 0 aliphatic carbocycles. The number of amides is 3. The topological polar surface area (TPSA) is 301 Å². The molecular formula is C39H55N3O17. The van der Waals surface area contributed by atoms with Gasteiger partial charge in [0.2, 0.25) is 11.8 Å². The first-order chi connectivity index (χ1) is 28.2. The van der Waals surface area contributed by atoms with Crippen LogP contribution in [0.3, 0.4) is 0 Å². The molecule has 2 fully saturated rings. The number of aliphatic carboxylic acids is 1. The Bertz CT molecular complexity index is 1610. The van der Waals surface area contributed by atoms with Crippen LogP contribution in [0.2, 0.25) is 0 Å².